The zero-order valence-corrected chi connectivity index (χ0v) is 16.2. The number of ether oxygens (including phenoxy) is 2. The van der Waals surface area contributed by atoms with E-state index in [1.165, 1.54) is 0 Å². The lowest BCUT2D eigenvalue weighted by Crippen LogP contribution is -1.95. The summed E-state index contributed by atoms with van der Waals surface area (Å²) in [5.41, 5.74) is 4.68. The summed E-state index contributed by atoms with van der Waals surface area (Å²) in [6.07, 6.45) is 1.88. The van der Waals surface area contributed by atoms with Crippen LogP contribution in [0.1, 0.15) is 0 Å². The zero-order chi connectivity index (χ0) is 19.8. The van der Waals surface area contributed by atoms with E-state index in [9.17, 15) is 0 Å². The van der Waals surface area contributed by atoms with Crippen LogP contribution >= 0.6 is 0 Å². The van der Waals surface area contributed by atoms with Crippen LogP contribution in [0.25, 0.3) is 38.9 Å². The molecule has 2 heterocycles. The fraction of sp³-hybridized carbons (Fsp3) is 0.0833. The Labute approximate surface area is 168 Å². The van der Waals surface area contributed by atoms with Gasteiger partial charge in [-0.2, -0.15) is 5.10 Å². The van der Waals surface area contributed by atoms with Gasteiger partial charge in [-0.05, 0) is 48.5 Å². The largest absolute Gasteiger partial charge is 0.497 e. The van der Waals surface area contributed by atoms with Crippen molar-refractivity contribution in [3.05, 3.63) is 79.0 Å². The van der Waals surface area contributed by atoms with Gasteiger partial charge in [-0.3, -0.25) is 0 Å². The number of hydrogen-bond donors (Lipinski definition) is 0. The summed E-state index contributed by atoms with van der Waals surface area (Å²) in [5.74, 6) is 1.62. The maximum atomic E-state index is 5.32. The molecule has 0 fully saturated rings. The second-order valence-electron chi connectivity index (χ2n) is 6.73. The SMILES string of the molecule is COc1ccc(-c2nc3c4ccccc4cnn3c2-c2ccc(OC)cc2)cc1. The summed E-state index contributed by atoms with van der Waals surface area (Å²) in [6.45, 7) is 0. The predicted octanol–water partition coefficient (Wildman–Crippen LogP) is 5.23. The van der Waals surface area contributed by atoms with Gasteiger partial charge >= 0.3 is 0 Å². The van der Waals surface area contributed by atoms with Crippen LogP contribution in [0.3, 0.4) is 0 Å². The highest BCUT2D eigenvalue weighted by Gasteiger charge is 2.18. The highest BCUT2D eigenvalue weighted by atomic mass is 16.5. The minimum atomic E-state index is 0.812. The molecule has 0 atom stereocenters. The summed E-state index contributed by atoms with van der Waals surface area (Å²) >= 11 is 0. The fourth-order valence-corrected chi connectivity index (χ4v) is 3.59. The molecular weight excluding hydrogens is 362 g/mol. The van der Waals surface area contributed by atoms with Crippen LogP contribution in [0, 0.1) is 0 Å². The third-order valence-corrected chi connectivity index (χ3v) is 5.10. The first kappa shape index (κ1) is 17.3. The van der Waals surface area contributed by atoms with Crippen LogP contribution in [-0.2, 0) is 0 Å². The van der Waals surface area contributed by atoms with Crippen molar-refractivity contribution in [1.82, 2.24) is 14.6 Å². The van der Waals surface area contributed by atoms with Crippen LogP contribution < -0.4 is 9.47 Å². The number of benzene rings is 3. The summed E-state index contributed by atoms with van der Waals surface area (Å²) in [7, 11) is 3.33. The van der Waals surface area contributed by atoms with Gasteiger partial charge in [-0.1, -0.05) is 24.3 Å². The van der Waals surface area contributed by atoms with E-state index in [4.69, 9.17) is 19.6 Å². The molecule has 0 N–H and O–H groups in total. The normalized spacial score (nSPS) is 11.1. The molecule has 0 spiro atoms. The molecule has 0 amide bonds. The van der Waals surface area contributed by atoms with Crippen molar-refractivity contribution in [2.75, 3.05) is 14.2 Å². The average molecular weight is 381 g/mol. The Morgan fingerprint density at radius 3 is 2.00 bits per heavy atom. The van der Waals surface area contributed by atoms with Gasteiger partial charge in [-0.25, -0.2) is 9.50 Å². The lowest BCUT2D eigenvalue weighted by atomic mass is 10.0. The summed E-state index contributed by atoms with van der Waals surface area (Å²) in [4.78, 5) is 5.01. The molecule has 5 rings (SSSR count). The van der Waals surface area contributed by atoms with E-state index in [1.54, 1.807) is 14.2 Å². The minimum absolute atomic E-state index is 0.812. The molecule has 0 unspecified atom stereocenters. The van der Waals surface area contributed by atoms with Gasteiger partial charge in [0.15, 0.2) is 5.65 Å². The van der Waals surface area contributed by atoms with Crippen LogP contribution in [0.15, 0.2) is 79.0 Å². The molecule has 0 bridgehead atoms. The van der Waals surface area contributed by atoms with Gasteiger partial charge in [0, 0.05) is 21.9 Å². The number of imidazole rings is 1. The number of methoxy groups -OCH3 is 2. The Balaban J connectivity index is 1.82. The molecule has 2 aromatic heterocycles. The summed E-state index contributed by atoms with van der Waals surface area (Å²) in [5, 5.41) is 6.84. The quantitative estimate of drug-likeness (QED) is 0.427. The van der Waals surface area contributed by atoms with Crippen molar-refractivity contribution < 1.29 is 9.47 Å². The standard InChI is InChI=1S/C24H19N3O2/c1-28-19-11-7-16(8-12-19)22-23(17-9-13-20(29-2)14-10-17)27-24(26-22)21-6-4-3-5-18(21)15-25-27/h3-15H,1-2H3. The van der Waals surface area contributed by atoms with E-state index < -0.39 is 0 Å². The number of aromatic nitrogens is 3. The van der Waals surface area contributed by atoms with E-state index in [1.807, 2.05) is 71.4 Å². The average Bonchev–Trinajstić information content (AvgIpc) is 3.19. The van der Waals surface area contributed by atoms with Crippen molar-refractivity contribution in [3.63, 3.8) is 0 Å². The lowest BCUT2D eigenvalue weighted by Gasteiger charge is -2.07. The number of rotatable bonds is 4. The number of hydrogen-bond acceptors (Lipinski definition) is 4. The van der Waals surface area contributed by atoms with E-state index in [-0.39, 0.29) is 0 Å². The maximum Gasteiger partial charge on any atom is 0.162 e. The first-order valence-electron chi connectivity index (χ1n) is 9.34. The Kier molecular flexibility index (Phi) is 4.13. The smallest absolute Gasteiger partial charge is 0.162 e. The molecule has 0 aliphatic rings. The van der Waals surface area contributed by atoms with E-state index >= 15 is 0 Å². The van der Waals surface area contributed by atoms with Crippen molar-refractivity contribution in [3.8, 4) is 34.0 Å². The van der Waals surface area contributed by atoms with E-state index in [0.29, 0.717) is 0 Å². The molecule has 5 heteroatoms. The molecule has 29 heavy (non-hydrogen) atoms. The Morgan fingerprint density at radius 2 is 1.34 bits per heavy atom. The Hall–Kier alpha value is -3.86. The maximum absolute atomic E-state index is 5.32. The fourth-order valence-electron chi connectivity index (χ4n) is 3.59. The second kappa shape index (κ2) is 6.95. The Morgan fingerprint density at radius 1 is 0.724 bits per heavy atom. The van der Waals surface area contributed by atoms with Gasteiger partial charge in [0.2, 0.25) is 0 Å². The van der Waals surface area contributed by atoms with E-state index in [0.717, 1.165) is 50.4 Å². The molecule has 3 aromatic carbocycles. The second-order valence-corrected chi connectivity index (χ2v) is 6.73. The molecule has 5 nitrogen and oxygen atoms in total. The van der Waals surface area contributed by atoms with Crippen LogP contribution in [0.4, 0.5) is 0 Å². The van der Waals surface area contributed by atoms with Crippen LogP contribution in [0.2, 0.25) is 0 Å². The molecule has 5 aromatic rings. The molecular formula is C24H19N3O2. The Bertz CT molecular complexity index is 1310. The van der Waals surface area contributed by atoms with Crippen molar-refractivity contribution in [2.45, 2.75) is 0 Å². The first-order chi connectivity index (χ1) is 14.3. The summed E-state index contributed by atoms with van der Waals surface area (Å²) < 4.78 is 12.6. The van der Waals surface area contributed by atoms with Crippen molar-refractivity contribution >= 4 is 16.4 Å². The topological polar surface area (TPSA) is 48.7 Å². The lowest BCUT2D eigenvalue weighted by molar-refractivity contribution is 0.414. The molecule has 0 aliphatic heterocycles. The molecule has 142 valence electrons. The monoisotopic (exact) mass is 381 g/mol. The molecule has 0 saturated carbocycles. The molecule has 0 saturated heterocycles. The molecule has 0 radical (unpaired) electrons. The predicted molar refractivity (Wildman–Crippen MR) is 114 cm³/mol. The zero-order valence-electron chi connectivity index (χ0n) is 16.2. The van der Waals surface area contributed by atoms with Crippen LogP contribution in [-0.4, -0.2) is 28.8 Å². The first-order valence-corrected chi connectivity index (χ1v) is 9.34. The number of fused-ring (bicyclic) bond motifs is 3. The van der Waals surface area contributed by atoms with Gasteiger partial charge in [0.05, 0.1) is 26.1 Å². The third-order valence-electron chi connectivity index (χ3n) is 5.10. The van der Waals surface area contributed by atoms with Gasteiger partial charge in [0.25, 0.3) is 0 Å². The summed E-state index contributed by atoms with van der Waals surface area (Å²) in [6, 6.07) is 24.1. The van der Waals surface area contributed by atoms with Gasteiger partial charge < -0.3 is 9.47 Å². The van der Waals surface area contributed by atoms with Gasteiger partial charge in [0.1, 0.15) is 17.2 Å². The van der Waals surface area contributed by atoms with Crippen molar-refractivity contribution in [1.29, 1.82) is 0 Å². The number of nitrogens with zero attached hydrogens (tertiary/aromatic N) is 3. The van der Waals surface area contributed by atoms with Gasteiger partial charge in [-0.15, -0.1) is 0 Å². The van der Waals surface area contributed by atoms with Crippen molar-refractivity contribution in [2.24, 2.45) is 0 Å². The highest BCUT2D eigenvalue weighted by molar-refractivity contribution is 5.96. The van der Waals surface area contributed by atoms with Crippen LogP contribution in [0.5, 0.6) is 11.5 Å². The third kappa shape index (κ3) is 2.88. The minimum Gasteiger partial charge on any atom is -0.497 e. The van der Waals surface area contributed by atoms with E-state index in [2.05, 4.69) is 12.1 Å². The highest BCUT2D eigenvalue weighted by Crippen LogP contribution is 2.35. The molecule has 0 aliphatic carbocycles.